The van der Waals surface area contributed by atoms with Crippen molar-refractivity contribution in [1.29, 1.82) is 0 Å². The molecule has 3 aromatic rings. The first-order chi connectivity index (χ1) is 10.1. The summed E-state index contributed by atoms with van der Waals surface area (Å²) in [6.45, 7) is 1.92. The number of aromatic nitrogens is 4. The minimum Gasteiger partial charge on any atom is -0.496 e. The van der Waals surface area contributed by atoms with Crippen molar-refractivity contribution >= 4 is 28.1 Å². The quantitative estimate of drug-likeness (QED) is 0.689. The summed E-state index contributed by atoms with van der Waals surface area (Å²) < 4.78 is 7.31. The normalized spacial score (nSPS) is 11.0. The highest BCUT2D eigenvalue weighted by atomic mass is 32.2. The van der Waals surface area contributed by atoms with E-state index >= 15 is 0 Å². The molecule has 0 spiro atoms. The summed E-state index contributed by atoms with van der Waals surface area (Å²) in [5.74, 6) is 0.770. The van der Waals surface area contributed by atoms with Gasteiger partial charge in [0.15, 0.2) is 10.0 Å². The Balaban J connectivity index is 2.18. The molecule has 6 nitrogen and oxygen atoms in total. The minimum atomic E-state index is -0.263. The fraction of sp³-hybridized carbons (Fsp3) is 0.231. The summed E-state index contributed by atoms with van der Waals surface area (Å²) in [5.41, 5.74) is 1.67. The number of hydrogen-bond acceptors (Lipinski definition) is 7. The van der Waals surface area contributed by atoms with Crippen LogP contribution in [0.15, 0.2) is 27.3 Å². The maximum Gasteiger partial charge on any atom is 0.302 e. The molecule has 0 amide bonds. The van der Waals surface area contributed by atoms with Crippen molar-refractivity contribution in [2.24, 2.45) is 0 Å². The highest BCUT2D eigenvalue weighted by molar-refractivity contribution is 8.00. The maximum atomic E-state index is 12.5. The van der Waals surface area contributed by atoms with E-state index in [2.05, 4.69) is 15.3 Å². The van der Waals surface area contributed by atoms with Crippen LogP contribution in [-0.4, -0.2) is 33.2 Å². The fourth-order valence-electron chi connectivity index (χ4n) is 1.99. The molecule has 8 heteroatoms. The van der Waals surface area contributed by atoms with Gasteiger partial charge in [-0.05, 0) is 36.9 Å². The Morgan fingerprint density at radius 3 is 2.81 bits per heavy atom. The number of methoxy groups -OCH3 is 1. The Hall–Kier alpha value is -1.93. The van der Waals surface area contributed by atoms with Gasteiger partial charge in [0.1, 0.15) is 5.75 Å². The largest absolute Gasteiger partial charge is 0.496 e. The number of benzene rings is 1. The second-order valence-corrected chi connectivity index (χ2v) is 6.31. The number of aryl methyl sites for hydroxylation is 1. The molecule has 3 rings (SSSR count). The molecule has 0 radical (unpaired) electrons. The lowest BCUT2D eigenvalue weighted by atomic mass is 10.1. The monoisotopic (exact) mass is 320 g/mol. The van der Waals surface area contributed by atoms with Crippen molar-refractivity contribution in [2.75, 3.05) is 13.4 Å². The lowest BCUT2D eigenvalue weighted by molar-refractivity contribution is 0.412. The first-order valence-electron chi connectivity index (χ1n) is 6.09. The molecule has 1 aromatic carbocycles. The number of hydrogen-bond donors (Lipinski definition) is 0. The topological polar surface area (TPSA) is 69.4 Å². The van der Waals surface area contributed by atoms with Crippen LogP contribution >= 0.6 is 23.1 Å². The van der Waals surface area contributed by atoms with Crippen LogP contribution in [0.3, 0.4) is 0 Å². The Labute approximate surface area is 128 Å². The van der Waals surface area contributed by atoms with Gasteiger partial charge >= 0.3 is 5.56 Å². The van der Waals surface area contributed by atoms with E-state index in [9.17, 15) is 4.79 Å². The average Bonchev–Trinajstić information content (AvgIpc) is 2.92. The van der Waals surface area contributed by atoms with E-state index in [0.717, 1.165) is 15.7 Å². The fourth-order valence-corrected chi connectivity index (χ4v) is 3.28. The number of thioether (sulfide) groups is 1. The summed E-state index contributed by atoms with van der Waals surface area (Å²) in [5, 5.41) is 12.4. The molecule has 0 aliphatic rings. The Morgan fingerprint density at radius 1 is 1.33 bits per heavy atom. The third-order valence-corrected chi connectivity index (χ3v) is 4.89. The minimum absolute atomic E-state index is 0.263. The molecular formula is C13H12N4O2S2. The highest BCUT2D eigenvalue weighted by Gasteiger charge is 2.14. The van der Waals surface area contributed by atoms with Gasteiger partial charge in [0.2, 0.25) is 4.96 Å². The predicted octanol–water partition coefficient (Wildman–Crippen LogP) is 2.25. The number of ether oxygens (including phenoxy) is 1. The molecule has 0 atom stereocenters. The van der Waals surface area contributed by atoms with E-state index in [1.165, 1.54) is 27.6 Å². The first kappa shape index (κ1) is 14.0. The van der Waals surface area contributed by atoms with E-state index < -0.39 is 0 Å². The summed E-state index contributed by atoms with van der Waals surface area (Å²) >= 11 is 2.82. The predicted molar refractivity (Wildman–Crippen MR) is 83.4 cm³/mol. The SMILES string of the molecule is COc1ccc(-c2nnc3sc(SC)nn3c2=O)cc1C. The van der Waals surface area contributed by atoms with Crippen molar-refractivity contribution in [3.8, 4) is 17.0 Å². The second-order valence-electron chi connectivity index (χ2n) is 4.30. The molecule has 108 valence electrons. The molecule has 0 bridgehead atoms. The smallest absolute Gasteiger partial charge is 0.302 e. The summed E-state index contributed by atoms with van der Waals surface area (Å²) in [6.07, 6.45) is 1.91. The van der Waals surface area contributed by atoms with Gasteiger partial charge in [-0.3, -0.25) is 4.79 Å². The van der Waals surface area contributed by atoms with E-state index in [-0.39, 0.29) is 11.3 Å². The van der Waals surface area contributed by atoms with E-state index in [0.29, 0.717) is 10.5 Å². The lowest BCUT2D eigenvalue weighted by Crippen LogP contribution is -2.19. The molecule has 0 unspecified atom stereocenters. The van der Waals surface area contributed by atoms with Gasteiger partial charge in [-0.2, -0.15) is 4.52 Å². The van der Waals surface area contributed by atoms with Crippen molar-refractivity contribution in [2.45, 2.75) is 11.3 Å². The van der Waals surface area contributed by atoms with Gasteiger partial charge < -0.3 is 4.74 Å². The molecule has 0 saturated heterocycles. The molecule has 21 heavy (non-hydrogen) atoms. The molecule has 0 saturated carbocycles. The zero-order valence-corrected chi connectivity index (χ0v) is 13.3. The molecule has 2 aromatic heterocycles. The first-order valence-corrected chi connectivity index (χ1v) is 8.13. The van der Waals surface area contributed by atoms with E-state index in [4.69, 9.17) is 4.74 Å². The highest BCUT2D eigenvalue weighted by Crippen LogP contribution is 2.24. The van der Waals surface area contributed by atoms with Gasteiger partial charge in [0, 0.05) is 5.56 Å². The zero-order valence-electron chi connectivity index (χ0n) is 11.7. The number of fused-ring (bicyclic) bond motifs is 1. The molecule has 0 fully saturated rings. The molecule has 0 aliphatic carbocycles. The van der Waals surface area contributed by atoms with Gasteiger partial charge in [0.25, 0.3) is 0 Å². The van der Waals surface area contributed by atoms with Crippen LogP contribution in [0.2, 0.25) is 0 Å². The van der Waals surface area contributed by atoms with Crippen molar-refractivity contribution in [3.63, 3.8) is 0 Å². The molecule has 0 aliphatic heterocycles. The number of rotatable bonds is 3. The standard InChI is InChI=1S/C13H12N4O2S2/c1-7-6-8(4-5-9(7)19-2)10-11(18)17-12(15-14-10)21-13(16-17)20-3/h4-6H,1-3H3. The van der Waals surface area contributed by atoms with Crippen LogP contribution in [0.4, 0.5) is 0 Å². The zero-order chi connectivity index (χ0) is 15.0. The van der Waals surface area contributed by atoms with Crippen molar-refractivity contribution in [1.82, 2.24) is 19.8 Å². The Kier molecular flexibility index (Phi) is 3.64. The van der Waals surface area contributed by atoms with Crippen LogP contribution in [-0.2, 0) is 0 Å². The third kappa shape index (κ3) is 2.40. The Morgan fingerprint density at radius 2 is 2.14 bits per heavy atom. The van der Waals surface area contributed by atoms with E-state index in [1.807, 2.05) is 25.3 Å². The van der Waals surface area contributed by atoms with Gasteiger partial charge in [-0.1, -0.05) is 23.1 Å². The third-order valence-electron chi connectivity index (χ3n) is 3.01. The second kappa shape index (κ2) is 5.45. The van der Waals surface area contributed by atoms with Gasteiger partial charge in [-0.15, -0.1) is 15.3 Å². The number of nitrogens with zero attached hydrogens (tertiary/aromatic N) is 4. The molecular weight excluding hydrogens is 308 g/mol. The van der Waals surface area contributed by atoms with E-state index in [1.54, 1.807) is 13.2 Å². The molecule has 2 heterocycles. The van der Waals surface area contributed by atoms with Crippen LogP contribution in [0.5, 0.6) is 5.75 Å². The van der Waals surface area contributed by atoms with Crippen LogP contribution in [0.1, 0.15) is 5.56 Å². The van der Waals surface area contributed by atoms with Crippen molar-refractivity contribution < 1.29 is 4.74 Å². The van der Waals surface area contributed by atoms with Crippen LogP contribution in [0.25, 0.3) is 16.2 Å². The van der Waals surface area contributed by atoms with Crippen LogP contribution < -0.4 is 10.3 Å². The summed E-state index contributed by atoms with van der Waals surface area (Å²) in [6, 6.07) is 5.47. The van der Waals surface area contributed by atoms with Gasteiger partial charge in [0.05, 0.1) is 7.11 Å². The average molecular weight is 320 g/mol. The van der Waals surface area contributed by atoms with Crippen LogP contribution in [0, 0.1) is 6.92 Å². The Bertz CT molecular complexity index is 872. The van der Waals surface area contributed by atoms with Crippen molar-refractivity contribution in [3.05, 3.63) is 34.1 Å². The lowest BCUT2D eigenvalue weighted by Gasteiger charge is -2.06. The molecule has 0 N–H and O–H groups in total. The summed E-state index contributed by atoms with van der Waals surface area (Å²) in [7, 11) is 1.61. The summed E-state index contributed by atoms with van der Waals surface area (Å²) in [4.78, 5) is 13.0. The maximum absolute atomic E-state index is 12.5. The van der Waals surface area contributed by atoms with Gasteiger partial charge in [-0.25, -0.2) is 0 Å².